The largest absolute Gasteiger partial charge is 0.481 e. The molecule has 31 heavy (non-hydrogen) atoms. The number of nitrogens with one attached hydrogen (secondary N) is 1. The topological polar surface area (TPSA) is 52.6 Å². The van der Waals surface area contributed by atoms with Crippen LogP contribution >= 0.6 is 0 Å². The van der Waals surface area contributed by atoms with Gasteiger partial charge in [-0.1, -0.05) is 48.5 Å². The molecule has 1 saturated heterocycles. The van der Waals surface area contributed by atoms with E-state index in [-0.39, 0.29) is 6.04 Å². The Morgan fingerprint density at radius 2 is 1.97 bits per heavy atom. The summed E-state index contributed by atoms with van der Waals surface area (Å²) in [4.78, 5) is 14.3. The molecule has 0 amide bonds. The number of anilines is 1. The zero-order valence-corrected chi connectivity index (χ0v) is 18.3. The average Bonchev–Trinajstić information content (AvgIpc) is 3.38. The van der Waals surface area contributed by atoms with Crippen molar-refractivity contribution >= 4 is 22.4 Å². The summed E-state index contributed by atoms with van der Waals surface area (Å²) in [6.45, 7) is 6.05. The normalized spacial score (nSPS) is 23.8. The maximum atomic E-state index is 11.9. The first-order chi connectivity index (χ1) is 15.0. The average molecular weight is 415 g/mol. The van der Waals surface area contributed by atoms with Crippen LogP contribution in [0.3, 0.4) is 0 Å². The Hall–Kier alpha value is -2.85. The number of rotatable bonds is 5. The highest BCUT2D eigenvalue weighted by Gasteiger charge is 2.41. The highest BCUT2D eigenvalue weighted by Crippen LogP contribution is 2.41. The van der Waals surface area contributed by atoms with Crippen LogP contribution in [0.1, 0.15) is 49.4 Å². The van der Waals surface area contributed by atoms with Crippen LogP contribution in [0.5, 0.6) is 0 Å². The molecule has 4 nitrogen and oxygen atoms in total. The molecule has 0 radical (unpaired) electrons. The van der Waals surface area contributed by atoms with E-state index in [9.17, 15) is 9.90 Å². The first kappa shape index (κ1) is 20.1. The van der Waals surface area contributed by atoms with Gasteiger partial charge in [0.25, 0.3) is 0 Å². The van der Waals surface area contributed by atoms with Crippen molar-refractivity contribution in [2.75, 3.05) is 18.0 Å². The zero-order chi connectivity index (χ0) is 21.6. The molecule has 0 bridgehead atoms. The first-order valence-electron chi connectivity index (χ1n) is 11.3. The van der Waals surface area contributed by atoms with Crippen molar-refractivity contribution in [1.29, 1.82) is 0 Å². The Labute approximate surface area is 183 Å². The second-order valence-electron chi connectivity index (χ2n) is 9.37. The molecule has 2 aliphatic rings. The van der Waals surface area contributed by atoms with Gasteiger partial charge in [-0.25, -0.2) is 0 Å². The number of hydrogen-bond acceptors (Lipinski definition) is 3. The molecule has 1 heterocycles. The van der Waals surface area contributed by atoms with Crippen molar-refractivity contribution in [1.82, 2.24) is 5.32 Å². The van der Waals surface area contributed by atoms with Crippen LogP contribution in [-0.2, 0) is 16.6 Å². The van der Waals surface area contributed by atoms with Crippen LogP contribution in [0, 0.1) is 0 Å². The van der Waals surface area contributed by atoms with Gasteiger partial charge in [-0.3, -0.25) is 4.79 Å². The van der Waals surface area contributed by atoms with Crippen molar-refractivity contribution in [3.63, 3.8) is 0 Å². The van der Waals surface area contributed by atoms with E-state index in [1.54, 1.807) is 0 Å². The summed E-state index contributed by atoms with van der Waals surface area (Å²) in [5.74, 6) is -0.715. The molecule has 2 N–H and O–H groups in total. The fraction of sp³-hybridized carbons (Fsp3) is 0.370. The zero-order valence-electron chi connectivity index (χ0n) is 18.3. The minimum Gasteiger partial charge on any atom is -0.481 e. The van der Waals surface area contributed by atoms with Crippen molar-refractivity contribution in [3.05, 3.63) is 77.4 Å². The number of aliphatic carboxylic acids is 1. The van der Waals surface area contributed by atoms with Gasteiger partial charge in [-0.15, -0.1) is 0 Å². The third-order valence-corrected chi connectivity index (χ3v) is 7.38. The lowest BCUT2D eigenvalue weighted by Crippen LogP contribution is -2.34. The van der Waals surface area contributed by atoms with Gasteiger partial charge in [0.1, 0.15) is 0 Å². The second-order valence-corrected chi connectivity index (χ2v) is 9.37. The Morgan fingerprint density at radius 3 is 2.81 bits per heavy atom. The maximum absolute atomic E-state index is 11.9. The highest BCUT2D eigenvalue weighted by molar-refractivity contribution is 5.86. The van der Waals surface area contributed by atoms with Crippen molar-refractivity contribution in [2.45, 2.75) is 50.6 Å². The van der Waals surface area contributed by atoms with E-state index >= 15 is 0 Å². The summed E-state index contributed by atoms with van der Waals surface area (Å²) in [6, 6.07) is 22.2. The van der Waals surface area contributed by atoms with E-state index in [1.807, 2.05) is 6.92 Å². The van der Waals surface area contributed by atoms with Gasteiger partial charge in [0.15, 0.2) is 0 Å². The molecule has 160 valence electrons. The Bertz CT molecular complexity index is 1140. The number of carbonyl (C=O) groups is 1. The number of aryl methyl sites for hydroxylation is 1. The van der Waals surface area contributed by atoms with Crippen LogP contribution in [0.4, 0.5) is 5.69 Å². The Kier molecular flexibility index (Phi) is 4.98. The van der Waals surface area contributed by atoms with E-state index in [0.717, 1.165) is 37.2 Å². The molecule has 3 aromatic carbocycles. The molecule has 1 aliphatic carbocycles. The smallest absolute Gasteiger partial charge is 0.313 e. The lowest BCUT2D eigenvalue weighted by Gasteiger charge is -2.25. The van der Waals surface area contributed by atoms with Gasteiger partial charge in [0.05, 0.1) is 5.41 Å². The van der Waals surface area contributed by atoms with Gasteiger partial charge < -0.3 is 15.3 Å². The maximum Gasteiger partial charge on any atom is 0.313 e. The monoisotopic (exact) mass is 414 g/mol. The highest BCUT2D eigenvalue weighted by atomic mass is 16.4. The number of hydrogen-bond donors (Lipinski definition) is 2. The predicted octanol–water partition coefficient (Wildman–Crippen LogP) is 5.06. The quantitative estimate of drug-likeness (QED) is 0.613. The molecular formula is C27H30N2O2. The Morgan fingerprint density at radius 1 is 1.16 bits per heavy atom. The molecule has 0 unspecified atom stereocenters. The van der Waals surface area contributed by atoms with E-state index in [1.165, 1.54) is 21.9 Å². The summed E-state index contributed by atoms with van der Waals surface area (Å²) in [5.41, 5.74) is 3.91. The molecule has 1 aliphatic heterocycles. The molecule has 4 heteroatoms. The first-order valence-corrected chi connectivity index (χ1v) is 11.3. The SMILES string of the molecule is C[C@@H](N[C@H]1CCN(c2ccc3c(c2)[C@@](C)(C(=O)O)CC3)C1)c1cccc2ccccc12. The Balaban J connectivity index is 1.31. The van der Waals surface area contributed by atoms with Gasteiger partial charge in [-0.05, 0) is 72.7 Å². The minimum absolute atomic E-state index is 0.270. The molecule has 0 saturated carbocycles. The van der Waals surface area contributed by atoms with Gasteiger partial charge >= 0.3 is 5.97 Å². The standard InChI is InChI=1S/C27H30N2O2/c1-18(23-9-5-7-19-6-3-4-8-24(19)23)28-21-13-15-29(17-21)22-11-10-20-12-14-27(2,26(30)31)25(20)16-22/h3-11,16,18,21,28H,12-15,17H2,1-2H3,(H,30,31)/t18-,21+,27+/m1/s1. The second kappa shape index (κ2) is 7.69. The number of benzene rings is 3. The number of carboxylic acid groups (broad SMARTS) is 1. The van der Waals surface area contributed by atoms with Gasteiger partial charge in [-0.2, -0.15) is 0 Å². The van der Waals surface area contributed by atoms with Crippen LogP contribution in [0.2, 0.25) is 0 Å². The summed E-state index contributed by atoms with van der Waals surface area (Å²) >= 11 is 0. The fourth-order valence-corrected chi connectivity index (χ4v) is 5.44. The summed E-state index contributed by atoms with van der Waals surface area (Å²) in [5, 5.41) is 16.2. The van der Waals surface area contributed by atoms with Crippen molar-refractivity contribution < 1.29 is 9.90 Å². The number of fused-ring (bicyclic) bond motifs is 2. The van der Waals surface area contributed by atoms with E-state index < -0.39 is 11.4 Å². The lowest BCUT2D eigenvalue weighted by atomic mass is 9.84. The third kappa shape index (κ3) is 3.49. The molecule has 3 atom stereocenters. The van der Waals surface area contributed by atoms with Crippen LogP contribution in [0.25, 0.3) is 10.8 Å². The van der Waals surface area contributed by atoms with Crippen LogP contribution < -0.4 is 10.2 Å². The van der Waals surface area contributed by atoms with E-state index in [0.29, 0.717) is 12.5 Å². The molecular weight excluding hydrogens is 384 g/mol. The van der Waals surface area contributed by atoms with Gasteiger partial charge in [0, 0.05) is 30.9 Å². The van der Waals surface area contributed by atoms with Crippen LogP contribution in [-0.4, -0.2) is 30.2 Å². The molecule has 3 aromatic rings. The van der Waals surface area contributed by atoms with Gasteiger partial charge in [0.2, 0.25) is 0 Å². The molecule has 5 rings (SSSR count). The summed E-state index contributed by atoms with van der Waals surface area (Å²) < 4.78 is 0. The molecule has 0 aromatic heterocycles. The third-order valence-electron chi connectivity index (χ3n) is 7.38. The van der Waals surface area contributed by atoms with E-state index in [4.69, 9.17) is 0 Å². The predicted molar refractivity (Wildman–Crippen MR) is 126 cm³/mol. The minimum atomic E-state index is -0.758. The van der Waals surface area contributed by atoms with Crippen LogP contribution in [0.15, 0.2) is 60.7 Å². The van der Waals surface area contributed by atoms with Crippen molar-refractivity contribution in [2.24, 2.45) is 0 Å². The van der Waals surface area contributed by atoms with E-state index in [2.05, 4.69) is 77.8 Å². The number of carboxylic acids is 1. The summed E-state index contributed by atoms with van der Waals surface area (Å²) in [6.07, 6.45) is 2.63. The molecule has 0 spiro atoms. The summed E-state index contributed by atoms with van der Waals surface area (Å²) in [7, 11) is 0. The fourth-order valence-electron chi connectivity index (χ4n) is 5.44. The number of nitrogens with zero attached hydrogens (tertiary/aromatic N) is 1. The lowest BCUT2D eigenvalue weighted by molar-refractivity contribution is -0.143. The molecule has 1 fully saturated rings. The van der Waals surface area contributed by atoms with Crippen molar-refractivity contribution in [3.8, 4) is 0 Å².